The maximum atomic E-state index is 11.5. The van der Waals surface area contributed by atoms with Crippen LogP contribution in [0.25, 0.3) is 0 Å². The largest absolute Gasteiger partial charge is 0.497 e. The fourth-order valence-electron chi connectivity index (χ4n) is 4.74. The van der Waals surface area contributed by atoms with Gasteiger partial charge >= 0.3 is 5.97 Å². The summed E-state index contributed by atoms with van der Waals surface area (Å²) in [5.41, 5.74) is 3.06. The summed E-state index contributed by atoms with van der Waals surface area (Å²) in [5, 5.41) is 9.49. The summed E-state index contributed by atoms with van der Waals surface area (Å²) >= 11 is 0. The predicted molar refractivity (Wildman–Crippen MR) is 137 cm³/mol. The molecule has 7 heteroatoms. The van der Waals surface area contributed by atoms with Gasteiger partial charge in [-0.1, -0.05) is 36.4 Å². The maximum absolute atomic E-state index is 11.5. The molecule has 0 aromatic heterocycles. The number of methoxy groups -OCH3 is 3. The molecule has 190 valence electrons. The lowest BCUT2D eigenvalue weighted by Crippen LogP contribution is -2.39. The van der Waals surface area contributed by atoms with Crippen molar-refractivity contribution < 1.29 is 28.8 Å². The number of carboxylic acids is 1. The topological polar surface area (TPSA) is 77.5 Å². The van der Waals surface area contributed by atoms with Crippen LogP contribution in [0.2, 0.25) is 0 Å². The van der Waals surface area contributed by atoms with Gasteiger partial charge in [-0.25, -0.2) is 0 Å². The van der Waals surface area contributed by atoms with Gasteiger partial charge in [0.15, 0.2) is 11.5 Å². The molecule has 1 fully saturated rings. The Hall–Kier alpha value is -3.71. The van der Waals surface area contributed by atoms with Gasteiger partial charge in [0.1, 0.15) is 18.1 Å². The first-order chi connectivity index (χ1) is 17.5. The van der Waals surface area contributed by atoms with Gasteiger partial charge < -0.3 is 24.1 Å². The molecule has 7 nitrogen and oxygen atoms in total. The smallest absolute Gasteiger partial charge is 0.306 e. The van der Waals surface area contributed by atoms with Gasteiger partial charge in [0.25, 0.3) is 0 Å². The van der Waals surface area contributed by atoms with Crippen LogP contribution in [0, 0.1) is 5.92 Å². The number of rotatable bonds is 10. The van der Waals surface area contributed by atoms with Gasteiger partial charge in [0, 0.05) is 11.6 Å². The first-order valence-corrected chi connectivity index (χ1v) is 12.1. The molecule has 0 aliphatic carbocycles. The average molecular weight is 492 g/mol. The van der Waals surface area contributed by atoms with Crippen LogP contribution in [-0.4, -0.2) is 50.4 Å². The van der Waals surface area contributed by atoms with Gasteiger partial charge in [-0.3, -0.25) is 9.69 Å². The summed E-state index contributed by atoms with van der Waals surface area (Å²) in [5.74, 6) is 1.68. The van der Waals surface area contributed by atoms with Crippen molar-refractivity contribution in [1.29, 1.82) is 0 Å². The minimum atomic E-state index is -0.727. The van der Waals surface area contributed by atoms with Crippen LogP contribution in [0.5, 0.6) is 23.0 Å². The third kappa shape index (κ3) is 5.74. The highest BCUT2D eigenvalue weighted by Crippen LogP contribution is 2.41. The first-order valence-electron chi connectivity index (χ1n) is 12.1. The van der Waals surface area contributed by atoms with Crippen molar-refractivity contribution in [3.05, 3.63) is 83.4 Å². The van der Waals surface area contributed by atoms with E-state index >= 15 is 0 Å². The summed E-state index contributed by atoms with van der Waals surface area (Å²) in [7, 11) is 4.91. The molecule has 0 saturated carbocycles. The number of piperidine rings is 1. The lowest BCUT2D eigenvalue weighted by Gasteiger charge is -2.37. The fourth-order valence-corrected chi connectivity index (χ4v) is 4.74. The zero-order valence-corrected chi connectivity index (χ0v) is 21.0. The highest BCUT2D eigenvalue weighted by molar-refractivity contribution is 5.70. The third-order valence-corrected chi connectivity index (χ3v) is 6.72. The molecule has 1 aliphatic heterocycles. The van der Waals surface area contributed by atoms with Crippen LogP contribution in [0.4, 0.5) is 0 Å². The molecule has 0 radical (unpaired) electrons. The fraction of sp³-hybridized carbons (Fsp3) is 0.345. The van der Waals surface area contributed by atoms with E-state index < -0.39 is 5.97 Å². The molecule has 0 bridgehead atoms. The van der Waals surface area contributed by atoms with Crippen molar-refractivity contribution >= 4 is 5.97 Å². The molecule has 1 saturated heterocycles. The first kappa shape index (κ1) is 25.4. The Labute approximate surface area is 212 Å². The van der Waals surface area contributed by atoms with E-state index in [0.717, 1.165) is 16.7 Å². The van der Waals surface area contributed by atoms with Gasteiger partial charge in [0.05, 0.1) is 33.3 Å². The Bertz CT molecular complexity index is 1160. The van der Waals surface area contributed by atoms with Gasteiger partial charge in [0.2, 0.25) is 0 Å². The number of aliphatic carboxylic acids is 1. The second kappa shape index (κ2) is 11.8. The number of benzene rings is 3. The number of carboxylic acid groups (broad SMARTS) is 1. The zero-order chi connectivity index (χ0) is 25.5. The zero-order valence-electron chi connectivity index (χ0n) is 21.0. The molecule has 4 rings (SSSR count). The Balaban J connectivity index is 1.68. The Morgan fingerprint density at radius 2 is 1.61 bits per heavy atom. The van der Waals surface area contributed by atoms with E-state index in [1.165, 1.54) is 0 Å². The quantitative estimate of drug-likeness (QED) is 0.419. The summed E-state index contributed by atoms with van der Waals surface area (Å²) in [6.45, 7) is 1.76. The Morgan fingerprint density at radius 1 is 0.889 bits per heavy atom. The van der Waals surface area contributed by atoms with E-state index in [0.29, 0.717) is 55.5 Å². The standard InChI is InChI=1S/C29H33NO6/c1-33-23-10-11-24(26(18-23)34-2)28(30-15-13-21(14-16-30)29(31)32)22-9-12-25(27(17-22)35-3)36-19-20-7-5-4-6-8-20/h4-12,17-18,21,28H,13-16,19H2,1-3H3,(H,31,32). The molecular formula is C29H33NO6. The number of hydrogen-bond acceptors (Lipinski definition) is 6. The number of carbonyl (C=O) groups is 1. The molecule has 0 amide bonds. The van der Waals surface area contributed by atoms with Crippen molar-refractivity contribution in [3.63, 3.8) is 0 Å². The van der Waals surface area contributed by atoms with Crippen molar-refractivity contribution in [1.82, 2.24) is 4.90 Å². The number of hydrogen-bond donors (Lipinski definition) is 1. The molecular weight excluding hydrogens is 458 g/mol. The molecule has 1 aliphatic rings. The Morgan fingerprint density at radius 3 is 2.25 bits per heavy atom. The van der Waals surface area contributed by atoms with Crippen LogP contribution in [0.3, 0.4) is 0 Å². The lowest BCUT2D eigenvalue weighted by molar-refractivity contribution is -0.143. The van der Waals surface area contributed by atoms with Crippen LogP contribution < -0.4 is 18.9 Å². The molecule has 1 heterocycles. The number of nitrogens with zero attached hydrogens (tertiary/aromatic N) is 1. The molecule has 1 N–H and O–H groups in total. The normalized spacial score (nSPS) is 15.2. The summed E-state index contributed by atoms with van der Waals surface area (Å²) in [4.78, 5) is 13.9. The predicted octanol–water partition coefficient (Wildman–Crippen LogP) is 5.18. The molecule has 3 aromatic rings. The Kier molecular flexibility index (Phi) is 8.33. The van der Waals surface area contributed by atoms with Crippen molar-refractivity contribution in [3.8, 4) is 23.0 Å². The van der Waals surface area contributed by atoms with Gasteiger partial charge in [-0.05, 0) is 61.3 Å². The van der Waals surface area contributed by atoms with Crippen molar-refractivity contribution in [2.75, 3.05) is 34.4 Å². The number of likely N-dealkylation sites (tertiary alicyclic amines) is 1. The lowest BCUT2D eigenvalue weighted by atomic mass is 9.90. The van der Waals surface area contributed by atoms with Crippen LogP contribution in [0.1, 0.15) is 35.6 Å². The minimum Gasteiger partial charge on any atom is -0.497 e. The van der Waals surface area contributed by atoms with E-state index in [9.17, 15) is 9.90 Å². The molecule has 1 unspecified atom stereocenters. The SMILES string of the molecule is COc1ccc(C(c2ccc(OCc3ccccc3)c(OC)c2)N2CCC(C(=O)O)CC2)c(OC)c1. The highest BCUT2D eigenvalue weighted by atomic mass is 16.5. The summed E-state index contributed by atoms with van der Waals surface area (Å²) in [6, 6.07) is 21.6. The second-order valence-corrected chi connectivity index (χ2v) is 8.84. The van der Waals surface area contributed by atoms with E-state index in [-0.39, 0.29) is 12.0 Å². The second-order valence-electron chi connectivity index (χ2n) is 8.84. The van der Waals surface area contributed by atoms with Crippen LogP contribution in [0.15, 0.2) is 66.7 Å². The molecule has 3 aromatic carbocycles. The molecule has 36 heavy (non-hydrogen) atoms. The van der Waals surface area contributed by atoms with Gasteiger partial charge in [-0.2, -0.15) is 0 Å². The summed E-state index contributed by atoms with van der Waals surface area (Å²) < 4.78 is 22.9. The van der Waals surface area contributed by atoms with E-state index in [1.54, 1.807) is 21.3 Å². The summed E-state index contributed by atoms with van der Waals surface area (Å²) in [6.07, 6.45) is 1.19. The third-order valence-electron chi connectivity index (χ3n) is 6.72. The van der Waals surface area contributed by atoms with E-state index in [1.807, 2.05) is 66.7 Å². The van der Waals surface area contributed by atoms with E-state index in [4.69, 9.17) is 18.9 Å². The molecule has 0 spiro atoms. The molecule has 1 atom stereocenters. The maximum Gasteiger partial charge on any atom is 0.306 e. The number of ether oxygens (including phenoxy) is 4. The monoisotopic (exact) mass is 491 g/mol. The average Bonchev–Trinajstić information content (AvgIpc) is 2.93. The van der Waals surface area contributed by atoms with Crippen molar-refractivity contribution in [2.24, 2.45) is 5.92 Å². The highest BCUT2D eigenvalue weighted by Gasteiger charge is 2.32. The van der Waals surface area contributed by atoms with Gasteiger partial charge in [-0.15, -0.1) is 0 Å². The van der Waals surface area contributed by atoms with Crippen molar-refractivity contribution in [2.45, 2.75) is 25.5 Å². The van der Waals surface area contributed by atoms with E-state index in [2.05, 4.69) is 4.90 Å². The van der Waals surface area contributed by atoms with Crippen LogP contribution in [-0.2, 0) is 11.4 Å². The minimum absolute atomic E-state index is 0.155. The van der Waals surface area contributed by atoms with Crippen LogP contribution >= 0.6 is 0 Å².